The van der Waals surface area contributed by atoms with E-state index in [0.29, 0.717) is 25.5 Å². The van der Waals surface area contributed by atoms with E-state index in [1.165, 1.54) is 5.56 Å². The number of hydrogen-bond donors (Lipinski definition) is 3. The first-order chi connectivity index (χ1) is 11.2. The van der Waals surface area contributed by atoms with Crippen LogP contribution < -0.4 is 16.0 Å². The van der Waals surface area contributed by atoms with Crippen molar-refractivity contribution in [2.24, 2.45) is 4.99 Å². The summed E-state index contributed by atoms with van der Waals surface area (Å²) in [6.45, 7) is 1.24. The number of carbonyl (C=O) groups is 1. The van der Waals surface area contributed by atoms with Crippen LogP contribution in [0.3, 0.4) is 0 Å². The van der Waals surface area contributed by atoms with Crippen LogP contribution in [0.2, 0.25) is 0 Å². The Bertz CT molecular complexity index is 647. The number of nitrogens with one attached hydrogen (secondary N) is 3. The highest BCUT2D eigenvalue weighted by atomic mass is 127. The van der Waals surface area contributed by atoms with Crippen LogP contribution in [0.5, 0.6) is 0 Å². The standard InChI is InChI=1S/C16H19BrN4OS.HI/c1-18-16(20-10-12-7-9-23-11-12)19-8-6-15(22)21-14-4-2-13(17)3-5-14;/h2-5,7,9,11H,6,8,10H2,1H3,(H,21,22)(H2,18,19,20);1H. The highest BCUT2D eigenvalue weighted by molar-refractivity contribution is 14.0. The molecule has 8 heteroatoms. The maximum absolute atomic E-state index is 11.9. The van der Waals surface area contributed by atoms with Crippen LogP contribution in [0.4, 0.5) is 5.69 Å². The predicted octanol–water partition coefficient (Wildman–Crippen LogP) is 3.82. The second-order valence-electron chi connectivity index (χ2n) is 4.79. The second-order valence-corrected chi connectivity index (χ2v) is 6.48. The van der Waals surface area contributed by atoms with Gasteiger partial charge in [0.1, 0.15) is 0 Å². The van der Waals surface area contributed by atoms with Gasteiger partial charge in [0.05, 0.1) is 0 Å². The van der Waals surface area contributed by atoms with Crippen LogP contribution in [0.1, 0.15) is 12.0 Å². The van der Waals surface area contributed by atoms with Gasteiger partial charge in [-0.1, -0.05) is 15.9 Å². The molecular formula is C16H20BrIN4OS. The number of guanidine groups is 1. The average molecular weight is 523 g/mol. The minimum Gasteiger partial charge on any atom is -0.356 e. The van der Waals surface area contributed by atoms with Crippen LogP contribution in [0.15, 0.2) is 50.6 Å². The van der Waals surface area contributed by atoms with Gasteiger partial charge in [0.15, 0.2) is 5.96 Å². The Morgan fingerprint density at radius 1 is 1.21 bits per heavy atom. The first-order valence-electron chi connectivity index (χ1n) is 7.18. The Kier molecular flexibility index (Phi) is 9.96. The summed E-state index contributed by atoms with van der Waals surface area (Å²) in [5.74, 6) is 0.653. The summed E-state index contributed by atoms with van der Waals surface area (Å²) in [7, 11) is 1.71. The Labute approximate surface area is 171 Å². The highest BCUT2D eigenvalue weighted by Crippen LogP contribution is 2.14. The zero-order valence-corrected chi connectivity index (χ0v) is 17.9. The molecule has 0 saturated heterocycles. The lowest BCUT2D eigenvalue weighted by atomic mass is 10.3. The van der Waals surface area contributed by atoms with Crippen LogP contribution in [0, 0.1) is 0 Å². The molecule has 0 atom stereocenters. The van der Waals surface area contributed by atoms with Crippen molar-refractivity contribution in [3.8, 4) is 0 Å². The minimum absolute atomic E-state index is 0. The van der Waals surface area contributed by atoms with Crippen molar-refractivity contribution in [2.45, 2.75) is 13.0 Å². The van der Waals surface area contributed by atoms with E-state index in [2.05, 4.69) is 48.3 Å². The lowest BCUT2D eigenvalue weighted by Gasteiger charge is -2.11. The molecule has 3 N–H and O–H groups in total. The molecule has 0 radical (unpaired) electrons. The van der Waals surface area contributed by atoms with E-state index in [0.717, 1.165) is 10.2 Å². The van der Waals surface area contributed by atoms with Crippen LogP contribution in [-0.4, -0.2) is 25.5 Å². The van der Waals surface area contributed by atoms with Gasteiger partial charge < -0.3 is 16.0 Å². The molecule has 1 aromatic heterocycles. The number of halogens is 2. The smallest absolute Gasteiger partial charge is 0.226 e. The third kappa shape index (κ3) is 7.63. The zero-order chi connectivity index (χ0) is 16.5. The maximum atomic E-state index is 11.9. The Morgan fingerprint density at radius 2 is 1.96 bits per heavy atom. The highest BCUT2D eigenvalue weighted by Gasteiger charge is 2.04. The van der Waals surface area contributed by atoms with Crippen molar-refractivity contribution in [1.29, 1.82) is 0 Å². The number of anilines is 1. The first kappa shape index (κ1) is 20.9. The monoisotopic (exact) mass is 522 g/mol. The summed E-state index contributed by atoms with van der Waals surface area (Å²) >= 11 is 5.03. The normalized spacial score (nSPS) is 10.7. The fourth-order valence-electron chi connectivity index (χ4n) is 1.85. The van der Waals surface area contributed by atoms with E-state index in [1.54, 1.807) is 18.4 Å². The zero-order valence-electron chi connectivity index (χ0n) is 13.2. The van der Waals surface area contributed by atoms with E-state index < -0.39 is 0 Å². The molecule has 1 heterocycles. The number of rotatable bonds is 6. The topological polar surface area (TPSA) is 65.5 Å². The minimum atomic E-state index is -0.0342. The van der Waals surface area contributed by atoms with Crippen molar-refractivity contribution in [2.75, 3.05) is 18.9 Å². The molecule has 2 aromatic rings. The van der Waals surface area contributed by atoms with E-state index in [-0.39, 0.29) is 29.9 Å². The maximum Gasteiger partial charge on any atom is 0.226 e. The third-order valence-corrected chi connectivity index (χ3v) is 4.30. The van der Waals surface area contributed by atoms with Crippen molar-refractivity contribution in [3.63, 3.8) is 0 Å². The number of aliphatic imine (C=N–C) groups is 1. The fraction of sp³-hybridized carbons (Fsp3) is 0.250. The fourth-order valence-corrected chi connectivity index (χ4v) is 2.78. The van der Waals surface area contributed by atoms with Gasteiger partial charge in [0, 0.05) is 36.7 Å². The summed E-state index contributed by atoms with van der Waals surface area (Å²) in [4.78, 5) is 16.0. The molecule has 0 aliphatic carbocycles. The summed E-state index contributed by atoms with van der Waals surface area (Å²) in [5, 5.41) is 13.3. The lowest BCUT2D eigenvalue weighted by molar-refractivity contribution is -0.116. The van der Waals surface area contributed by atoms with E-state index in [1.807, 2.05) is 29.6 Å². The molecule has 5 nitrogen and oxygen atoms in total. The molecule has 1 amide bonds. The molecule has 0 saturated carbocycles. The quantitative estimate of drug-likeness (QED) is 0.307. The van der Waals surface area contributed by atoms with Gasteiger partial charge in [0.2, 0.25) is 5.91 Å². The van der Waals surface area contributed by atoms with Gasteiger partial charge in [-0.3, -0.25) is 9.79 Å². The van der Waals surface area contributed by atoms with E-state index in [9.17, 15) is 4.79 Å². The Morgan fingerprint density at radius 3 is 2.58 bits per heavy atom. The van der Waals surface area contributed by atoms with Gasteiger partial charge in [-0.2, -0.15) is 11.3 Å². The number of carbonyl (C=O) groups excluding carboxylic acids is 1. The molecule has 2 rings (SSSR count). The van der Waals surface area contributed by atoms with E-state index >= 15 is 0 Å². The van der Waals surface area contributed by atoms with Gasteiger partial charge >= 0.3 is 0 Å². The molecule has 24 heavy (non-hydrogen) atoms. The van der Waals surface area contributed by atoms with Gasteiger partial charge in [-0.05, 0) is 46.7 Å². The summed E-state index contributed by atoms with van der Waals surface area (Å²) in [6.07, 6.45) is 0.370. The van der Waals surface area contributed by atoms with Crippen LogP contribution in [0.25, 0.3) is 0 Å². The Balaban J connectivity index is 0.00000288. The van der Waals surface area contributed by atoms with Gasteiger partial charge in [-0.25, -0.2) is 0 Å². The predicted molar refractivity (Wildman–Crippen MR) is 115 cm³/mol. The van der Waals surface area contributed by atoms with Crippen molar-refractivity contribution in [1.82, 2.24) is 10.6 Å². The summed E-state index contributed by atoms with van der Waals surface area (Å²) in [6, 6.07) is 9.57. The summed E-state index contributed by atoms with van der Waals surface area (Å²) in [5.41, 5.74) is 2.00. The molecular weight excluding hydrogens is 503 g/mol. The molecule has 0 fully saturated rings. The average Bonchev–Trinajstić information content (AvgIpc) is 3.06. The van der Waals surface area contributed by atoms with Gasteiger partial charge in [0.25, 0.3) is 0 Å². The lowest BCUT2D eigenvalue weighted by Crippen LogP contribution is -2.38. The molecule has 1 aromatic carbocycles. The molecule has 130 valence electrons. The third-order valence-electron chi connectivity index (χ3n) is 3.04. The van der Waals surface area contributed by atoms with E-state index in [4.69, 9.17) is 0 Å². The second kappa shape index (κ2) is 11.4. The molecule has 0 spiro atoms. The number of nitrogens with zero attached hydrogens (tertiary/aromatic N) is 1. The largest absolute Gasteiger partial charge is 0.356 e. The van der Waals surface area contributed by atoms with Crippen molar-refractivity contribution >= 4 is 68.8 Å². The Hall–Kier alpha value is -1.13. The number of amides is 1. The van der Waals surface area contributed by atoms with Crippen molar-refractivity contribution in [3.05, 3.63) is 51.1 Å². The first-order valence-corrected chi connectivity index (χ1v) is 8.92. The number of thiophene rings is 1. The van der Waals surface area contributed by atoms with Crippen LogP contribution in [-0.2, 0) is 11.3 Å². The van der Waals surface area contributed by atoms with Crippen LogP contribution >= 0.6 is 51.2 Å². The molecule has 0 unspecified atom stereocenters. The van der Waals surface area contributed by atoms with Crippen molar-refractivity contribution < 1.29 is 4.79 Å². The molecule has 0 aliphatic heterocycles. The summed E-state index contributed by atoms with van der Waals surface area (Å²) < 4.78 is 0.984. The molecule has 0 aliphatic rings. The molecule has 0 bridgehead atoms. The number of benzene rings is 1. The SMILES string of the molecule is CN=C(NCCC(=O)Nc1ccc(Br)cc1)NCc1ccsc1.I. The van der Waals surface area contributed by atoms with Gasteiger partial charge in [-0.15, -0.1) is 24.0 Å². The number of hydrogen-bond acceptors (Lipinski definition) is 3.